The highest BCUT2D eigenvalue weighted by Gasteiger charge is 2.39. The summed E-state index contributed by atoms with van der Waals surface area (Å²) < 4.78 is 1.91. The van der Waals surface area contributed by atoms with Gasteiger partial charge in [0.25, 0.3) is 0 Å². The average molecular weight is 494 g/mol. The zero-order valence-electron chi connectivity index (χ0n) is 16.7. The molecule has 152 valence electrons. The van der Waals surface area contributed by atoms with Crippen LogP contribution in [0.2, 0.25) is 0 Å². The molecule has 0 bridgehead atoms. The Balaban J connectivity index is 0.00000225. The van der Waals surface area contributed by atoms with Crippen molar-refractivity contribution in [2.24, 2.45) is 10.4 Å². The van der Waals surface area contributed by atoms with E-state index in [4.69, 9.17) is 4.99 Å². The Morgan fingerprint density at radius 1 is 1.21 bits per heavy atom. The van der Waals surface area contributed by atoms with E-state index in [1.165, 1.54) is 38.5 Å². The summed E-state index contributed by atoms with van der Waals surface area (Å²) in [5.74, 6) is 1.93. The maximum Gasteiger partial charge on any atom is 0.194 e. The first kappa shape index (κ1) is 21.1. The maximum absolute atomic E-state index is 4.91. The van der Waals surface area contributed by atoms with Crippen molar-refractivity contribution in [3.05, 3.63) is 42.6 Å². The number of nitrogens with zero attached hydrogens (tertiary/aromatic N) is 5. The highest BCUT2D eigenvalue weighted by atomic mass is 127. The number of guanidine groups is 1. The average Bonchev–Trinajstić information content (AvgIpc) is 3.37. The second-order valence-corrected chi connectivity index (χ2v) is 7.90. The van der Waals surface area contributed by atoms with Gasteiger partial charge in [-0.2, -0.15) is 0 Å². The number of nitrogens with one attached hydrogen (secondary N) is 1. The van der Waals surface area contributed by atoms with Crippen LogP contribution in [-0.2, 0) is 6.54 Å². The fourth-order valence-electron chi connectivity index (χ4n) is 4.48. The number of pyridine rings is 1. The molecular formula is C21H31IN6. The van der Waals surface area contributed by atoms with Crippen molar-refractivity contribution in [1.29, 1.82) is 0 Å². The normalized spacial score (nSPS) is 18.9. The molecule has 0 unspecified atom stereocenters. The maximum atomic E-state index is 4.91. The molecule has 0 amide bonds. The summed E-state index contributed by atoms with van der Waals surface area (Å²) in [5, 5.41) is 3.49. The molecule has 1 aliphatic heterocycles. The van der Waals surface area contributed by atoms with Crippen molar-refractivity contribution in [1.82, 2.24) is 24.8 Å². The van der Waals surface area contributed by atoms with Gasteiger partial charge in [0, 0.05) is 38.2 Å². The van der Waals surface area contributed by atoms with Gasteiger partial charge in [0.05, 0.1) is 6.54 Å². The van der Waals surface area contributed by atoms with Gasteiger partial charge in [0.15, 0.2) is 5.96 Å². The molecule has 4 rings (SSSR count). The number of imidazole rings is 1. The lowest BCUT2D eigenvalue weighted by Crippen LogP contribution is -2.41. The number of aromatic nitrogens is 3. The van der Waals surface area contributed by atoms with Gasteiger partial charge in [0.2, 0.25) is 0 Å². The van der Waals surface area contributed by atoms with E-state index in [1.54, 1.807) is 12.5 Å². The van der Waals surface area contributed by atoms with Crippen LogP contribution in [-0.4, -0.2) is 45.0 Å². The molecule has 7 heteroatoms. The number of hydrogen-bond donors (Lipinski definition) is 1. The van der Waals surface area contributed by atoms with Crippen molar-refractivity contribution < 1.29 is 0 Å². The molecular weight excluding hydrogens is 463 g/mol. The Morgan fingerprint density at radius 2 is 2.07 bits per heavy atom. The van der Waals surface area contributed by atoms with Crippen LogP contribution >= 0.6 is 24.0 Å². The van der Waals surface area contributed by atoms with E-state index in [2.05, 4.69) is 33.2 Å². The molecule has 1 N–H and O–H groups in total. The van der Waals surface area contributed by atoms with Crippen LogP contribution in [0.25, 0.3) is 5.82 Å². The van der Waals surface area contributed by atoms with Crippen LogP contribution in [0.4, 0.5) is 0 Å². The number of halogens is 1. The Hall–Kier alpha value is -1.64. The molecule has 1 saturated carbocycles. The lowest BCUT2D eigenvalue weighted by molar-refractivity contribution is 0.203. The van der Waals surface area contributed by atoms with Gasteiger partial charge in [-0.25, -0.2) is 15.0 Å². The van der Waals surface area contributed by atoms with Crippen molar-refractivity contribution in [2.75, 3.05) is 19.6 Å². The van der Waals surface area contributed by atoms with E-state index in [0.29, 0.717) is 12.0 Å². The predicted octanol–water partition coefficient (Wildman–Crippen LogP) is 4.01. The molecule has 0 atom stereocenters. The highest BCUT2D eigenvalue weighted by Crippen LogP contribution is 2.43. The van der Waals surface area contributed by atoms with Crippen LogP contribution in [0.5, 0.6) is 0 Å². The summed E-state index contributed by atoms with van der Waals surface area (Å²) in [5.41, 5.74) is 1.67. The molecule has 1 saturated heterocycles. The third kappa shape index (κ3) is 4.85. The standard InChI is InChI=1S/C21H30N6.HI/c1-2-23-20(26-12-10-21(16-26)8-4-3-5-9-21)25-15-18-6-7-19(24-14-18)27-13-11-22-17-27;/h6-7,11,13-14,17H,2-5,8-10,12,15-16H2,1H3,(H,23,25);1H. The van der Waals surface area contributed by atoms with Crippen LogP contribution in [0.3, 0.4) is 0 Å². The van der Waals surface area contributed by atoms with Gasteiger partial charge < -0.3 is 10.2 Å². The van der Waals surface area contributed by atoms with Gasteiger partial charge in [-0.3, -0.25) is 4.57 Å². The van der Waals surface area contributed by atoms with Crippen molar-refractivity contribution in [3.8, 4) is 5.82 Å². The Bertz CT molecular complexity index is 750. The van der Waals surface area contributed by atoms with Gasteiger partial charge in [-0.1, -0.05) is 25.3 Å². The predicted molar refractivity (Wildman–Crippen MR) is 123 cm³/mol. The van der Waals surface area contributed by atoms with E-state index in [1.807, 2.05) is 23.0 Å². The number of likely N-dealkylation sites (tertiary alicyclic amines) is 1. The van der Waals surface area contributed by atoms with Crippen LogP contribution < -0.4 is 5.32 Å². The van der Waals surface area contributed by atoms with Crippen molar-refractivity contribution in [2.45, 2.75) is 52.0 Å². The summed E-state index contributed by atoms with van der Waals surface area (Å²) in [6, 6.07) is 4.12. The summed E-state index contributed by atoms with van der Waals surface area (Å²) in [6.45, 7) is 5.99. The number of rotatable bonds is 4. The van der Waals surface area contributed by atoms with Crippen molar-refractivity contribution >= 4 is 29.9 Å². The molecule has 2 aromatic heterocycles. The first-order chi connectivity index (χ1) is 13.3. The van der Waals surface area contributed by atoms with Gasteiger partial charge in [-0.05, 0) is 43.2 Å². The molecule has 1 spiro atoms. The van der Waals surface area contributed by atoms with Crippen molar-refractivity contribution in [3.63, 3.8) is 0 Å². The second-order valence-electron chi connectivity index (χ2n) is 7.90. The fraction of sp³-hybridized carbons (Fsp3) is 0.571. The monoisotopic (exact) mass is 494 g/mol. The first-order valence-corrected chi connectivity index (χ1v) is 10.2. The minimum absolute atomic E-state index is 0. The third-order valence-electron chi connectivity index (χ3n) is 5.98. The lowest BCUT2D eigenvalue weighted by atomic mass is 9.73. The lowest BCUT2D eigenvalue weighted by Gasteiger charge is -2.33. The molecule has 0 aromatic carbocycles. The summed E-state index contributed by atoms with van der Waals surface area (Å²) in [7, 11) is 0. The largest absolute Gasteiger partial charge is 0.357 e. The van der Waals surface area contributed by atoms with E-state index in [0.717, 1.165) is 37.0 Å². The molecule has 3 heterocycles. The Kier molecular flexibility index (Phi) is 7.31. The second kappa shape index (κ2) is 9.71. The zero-order chi connectivity index (χ0) is 18.5. The molecule has 1 aliphatic carbocycles. The van der Waals surface area contributed by atoms with E-state index in [-0.39, 0.29) is 24.0 Å². The summed E-state index contributed by atoms with van der Waals surface area (Å²) in [6.07, 6.45) is 15.6. The zero-order valence-corrected chi connectivity index (χ0v) is 19.0. The number of aliphatic imine (C=N–C) groups is 1. The van der Waals surface area contributed by atoms with E-state index in [9.17, 15) is 0 Å². The summed E-state index contributed by atoms with van der Waals surface area (Å²) >= 11 is 0. The molecule has 2 aliphatic rings. The quantitative estimate of drug-likeness (QED) is 0.397. The smallest absolute Gasteiger partial charge is 0.194 e. The topological polar surface area (TPSA) is 58.3 Å². The van der Waals surface area contributed by atoms with Gasteiger partial charge in [0.1, 0.15) is 12.1 Å². The molecule has 2 aromatic rings. The third-order valence-corrected chi connectivity index (χ3v) is 5.98. The van der Waals surface area contributed by atoms with Crippen LogP contribution in [0.1, 0.15) is 51.0 Å². The summed E-state index contributed by atoms with van der Waals surface area (Å²) in [4.78, 5) is 16.0. The number of hydrogen-bond acceptors (Lipinski definition) is 3. The Morgan fingerprint density at radius 3 is 2.75 bits per heavy atom. The SMILES string of the molecule is CCNC(=NCc1ccc(-n2ccnc2)nc1)N1CCC2(CCCCC2)C1.I. The van der Waals surface area contributed by atoms with Crippen LogP contribution in [0.15, 0.2) is 42.0 Å². The van der Waals surface area contributed by atoms with Gasteiger partial charge in [-0.15, -0.1) is 24.0 Å². The highest BCUT2D eigenvalue weighted by molar-refractivity contribution is 14.0. The molecule has 6 nitrogen and oxygen atoms in total. The molecule has 28 heavy (non-hydrogen) atoms. The first-order valence-electron chi connectivity index (χ1n) is 10.2. The van der Waals surface area contributed by atoms with Gasteiger partial charge >= 0.3 is 0 Å². The van der Waals surface area contributed by atoms with Crippen LogP contribution in [0, 0.1) is 5.41 Å². The fourth-order valence-corrected chi connectivity index (χ4v) is 4.48. The minimum atomic E-state index is 0. The Labute approximate surface area is 184 Å². The minimum Gasteiger partial charge on any atom is -0.357 e. The molecule has 2 fully saturated rings. The molecule has 0 radical (unpaired) electrons. The van der Waals surface area contributed by atoms with E-state index >= 15 is 0 Å². The van der Waals surface area contributed by atoms with E-state index < -0.39 is 0 Å².